The molecule has 0 bridgehead atoms. The summed E-state index contributed by atoms with van der Waals surface area (Å²) in [6.07, 6.45) is 2.22. The highest BCUT2D eigenvalue weighted by molar-refractivity contribution is 7.21. The lowest BCUT2D eigenvalue weighted by atomic mass is 10.0. The minimum absolute atomic E-state index is 0.0289. The largest absolute Gasteiger partial charge is 0.422 e. The number of amides is 1. The van der Waals surface area contributed by atoms with Crippen molar-refractivity contribution in [1.82, 2.24) is 4.90 Å². The van der Waals surface area contributed by atoms with Crippen LogP contribution in [-0.2, 0) is 0 Å². The molecule has 1 atom stereocenters. The van der Waals surface area contributed by atoms with Gasteiger partial charge in [0.05, 0.1) is 15.0 Å². The lowest BCUT2D eigenvalue weighted by molar-refractivity contribution is 0.0688. The Kier molecular flexibility index (Phi) is 3.45. The third-order valence-corrected chi connectivity index (χ3v) is 5.60. The minimum atomic E-state index is -0.374. The lowest BCUT2D eigenvalue weighted by Gasteiger charge is -2.30. The molecule has 23 heavy (non-hydrogen) atoms. The van der Waals surface area contributed by atoms with Crippen molar-refractivity contribution in [3.8, 4) is 0 Å². The van der Waals surface area contributed by atoms with E-state index in [9.17, 15) is 9.59 Å². The molecule has 1 aromatic carbocycles. The van der Waals surface area contributed by atoms with E-state index in [0.717, 1.165) is 29.6 Å². The van der Waals surface area contributed by atoms with E-state index >= 15 is 0 Å². The highest BCUT2D eigenvalue weighted by Crippen LogP contribution is 2.31. The van der Waals surface area contributed by atoms with Crippen LogP contribution in [0.4, 0.5) is 0 Å². The maximum atomic E-state index is 12.8. The van der Waals surface area contributed by atoms with Crippen molar-refractivity contribution in [2.24, 2.45) is 5.92 Å². The van der Waals surface area contributed by atoms with Gasteiger partial charge in [0.1, 0.15) is 5.58 Å². The van der Waals surface area contributed by atoms with Crippen molar-refractivity contribution >= 4 is 38.3 Å². The number of hydrogen-bond acceptors (Lipinski definition) is 4. The zero-order chi connectivity index (χ0) is 16.0. The molecule has 118 valence electrons. The fourth-order valence-corrected chi connectivity index (χ4v) is 4.42. The Bertz CT molecular complexity index is 956. The molecule has 4 rings (SSSR count). The third-order valence-electron chi connectivity index (χ3n) is 4.44. The number of para-hydroxylation sites is 1. The van der Waals surface area contributed by atoms with Crippen LogP contribution in [0.15, 0.2) is 39.5 Å². The third kappa shape index (κ3) is 2.45. The molecule has 5 heteroatoms. The number of likely N-dealkylation sites (tertiary alicyclic amines) is 1. The number of fused-ring (bicyclic) bond motifs is 3. The van der Waals surface area contributed by atoms with Gasteiger partial charge in [-0.05, 0) is 37.0 Å². The molecule has 0 saturated carbocycles. The number of hydrogen-bond donors (Lipinski definition) is 0. The predicted octanol–water partition coefficient (Wildman–Crippen LogP) is 3.88. The van der Waals surface area contributed by atoms with Gasteiger partial charge in [0.2, 0.25) is 0 Å². The first-order valence-corrected chi connectivity index (χ1v) is 8.70. The highest BCUT2D eigenvalue weighted by Gasteiger charge is 2.24. The Morgan fingerprint density at radius 1 is 1.30 bits per heavy atom. The van der Waals surface area contributed by atoms with E-state index in [-0.39, 0.29) is 11.5 Å². The normalized spacial score (nSPS) is 18.7. The molecule has 3 aromatic rings. The molecular weight excluding hydrogens is 310 g/mol. The Balaban J connectivity index is 1.82. The van der Waals surface area contributed by atoms with Crippen LogP contribution in [0.1, 0.15) is 29.4 Å². The van der Waals surface area contributed by atoms with E-state index in [1.165, 1.54) is 17.8 Å². The van der Waals surface area contributed by atoms with Crippen LogP contribution in [0.3, 0.4) is 0 Å². The summed E-state index contributed by atoms with van der Waals surface area (Å²) in [5.41, 5.74) is 0.193. The van der Waals surface area contributed by atoms with E-state index in [2.05, 4.69) is 6.92 Å². The second-order valence-electron chi connectivity index (χ2n) is 6.24. The minimum Gasteiger partial charge on any atom is -0.422 e. The van der Waals surface area contributed by atoms with Crippen LogP contribution in [0.2, 0.25) is 0 Å². The van der Waals surface area contributed by atoms with Crippen molar-refractivity contribution in [2.75, 3.05) is 13.1 Å². The number of carbonyl (C=O) groups is 1. The molecule has 0 N–H and O–H groups in total. The van der Waals surface area contributed by atoms with Crippen LogP contribution >= 0.6 is 11.3 Å². The number of nitrogens with zero attached hydrogens (tertiary/aromatic N) is 1. The molecule has 1 amide bonds. The standard InChI is InChI=1S/C18H17NO3S/c1-11-5-4-8-19(10-11)17(20)15-9-13-16(23-15)12-6-2-3-7-14(12)22-18(13)21/h2-3,6-7,9,11H,4-5,8,10H2,1H3. The van der Waals surface area contributed by atoms with Crippen molar-refractivity contribution in [3.63, 3.8) is 0 Å². The van der Waals surface area contributed by atoms with Crippen molar-refractivity contribution < 1.29 is 9.21 Å². The average molecular weight is 327 g/mol. The molecule has 1 saturated heterocycles. The Hall–Kier alpha value is -2.14. The van der Waals surface area contributed by atoms with Gasteiger partial charge in [-0.2, -0.15) is 0 Å². The van der Waals surface area contributed by atoms with E-state index in [1.807, 2.05) is 23.1 Å². The topological polar surface area (TPSA) is 50.5 Å². The van der Waals surface area contributed by atoms with Gasteiger partial charge in [0, 0.05) is 18.5 Å². The summed E-state index contributed by atoms with van der Waals surface area (Å²) in [6, 6.07) is 9.15. The van der Waals surface area contributed by atoms with Gasteiger partial charge in [-0.25, -0.2) is 4.79 Å². The SMILES string of the molecule is CC1CCCN(C(=O)c2cc3c(=O)oc4ccccc4c3s2)C1. The average Bonchev–Trinajstić information content (AvgIpc) is 3.00. The molecule has 0 radical (unpaired) electrons. The van der Waals surface area contributed by atoms with Gasteiger partial charge >= 0.3 is 5.63 Å². The second-order valence-corrected chi connectivity index (χ2v) is 7.29. The van der Waals surface area contributed by atoms with Crippen LogP contribution in [0, 0.1) is 5.92 Å². The number of piperidine rings is 1. The number of carbonyl (C=O) groups excluding carboxylic acids is 1. The van der Waals surface area contributed by atoms with Gasteiger partial charge < -0.3 is 9.32 Å². The summed E-state index contributed by atoms with van der Waals surface area (Å²) >= 11 is 1.39. The fourth-order valence-electron chi connectivity index (χ4n) is 3.28. The lowest BCUT2D eigenvalue weighted by Crippen LogP contribution is -2.38. The quantitative estimate of drug-likeness (QED) is 0.637. The predicted molar refractivity (Wildman–Crippen MR) is 92.2 cm³/mol. The molecule has 3 heterocycles. The first-order chi connectivity index (χ1) is 11.1. The molecule has 1 fully saturated rings. The maximum Gasteiger partial charge on any atom is 0.345 e. The first kappa shape index (κ1) is 14.5. The van der Waals surface area contributed by atoms with Crippen LogP contribution in [-0.4, -0.2) is 23.9 Å². The van der Waals surface area contributed by atoms with Gasteiger partial charge in [-0.1, -0.05) is 19.1 Å². The molecule has 1 aliphatic rings. The van der Waals surface area contributed by atoms with E-state index < -0.39 is 0 Å². The number of benzene rings is 1. The van der Waals surface area contributed by atoms with Crippen LogP contribution in [0.5, 0.6) is 0 Å². The molecule has 2 aromatic heterocycles. The van der Waals surface area contributed by atoms with Gasteiger partial charge in [-0.15, -0.1) is 11.3 Å². The summed E-state index contributed by atoms with van der Waals surface area (Å²) in [5, 5.41) is 1.39. The summed E-state index contributed by atoms with van der Waals surface area (Å²) in [5.74, 6) is 0.564. The van der Waals surface area contributed by atoms with Gasteiger partial charge in [-0.3, -0.25) is 4.79 Å². The summed E-state index contributed by atoms with van der Waals surface area (Å²) in [6.45, 7) is 3.77. The Morgan fingerprint density at radius 2 is 2.13 bits per heavy atom. The van der Waals surface area contributed by atoms with Gasteiger partial charge in [0.15, 0.2) is 0 Å². The summed E-state index contributed by atoms with van der Waals surface area (Å²) in [4.78, 5) is 27.5. The second kappa shape index (κ2) is 5.49. The number of rotatable bonds is 1. The maximum absolute atomic E-state index is 12.8. The Labute approximate surface area is 137 Å². The first-order valence-electron chi connectivity index (χ1n) is 7.88. The molecular formula is C18H17NO3S. The van der Waals surface area contributed by atoms with Gasteiger partial charge in [0.25, 0.3) is 5.91 Å². The van der Waals surface area contributed by atoms with Crippen molar-refractivity contribution in [1.29, 1.82) is 0 Å². The zero-order valence-electron chi connectivity index (χ0n) is 12.9. The molecule has 0 aliphatic carbocycles. The Morgan fingerprint density at radius 3 is 2.96 bits per heavy atom. The molecule has 0 spiro atoms. The zero-order valence-corrected chi connectivity index (χ0v) is 13.7. The van der Waals surface area contributed by atoms with Crippen molar-refractivity contribution in [3.05, 3.63) is 45.6 Å². The van der Waals surface area contributed by atoms with Crippen molar-refractivity contribution in [2.45, 2.75) is 19.8 Å². The monoisotopic (exact) mass is 327 g/mol. The van der Waals surface area contributed by atoms with E-state index in [0.29, 0.717) is 21.8 Å². The molecule has 4 nitrogen and oxygen atoms in total. The number of thiophene rings is 1. The van der Waals surface area contributed by atoms with E-state index in [1.54, 1.807) is 12.1 Å². The summed E-state index contributed by atoms with van der Waals surface area (Å²) in [7, 11) is 0. The highest BCUT2D eigenvalue weighted by atomic mass is 32.1. The van der Waals surface area contributed by atoms with Crippen LogP contribution in [0.25, 0.3) is 21.1 Å². The van der Waals surface area contributed by atoms with E-state index in [4.69, 9.17) is 4.42 Å². The fraction of sp³-hybridized carbons (Fsp3) is 0.333. The van der Waals surface area contributed by atoms with Crippen LogP contribution < -0.4 is 5.63 Å². The smallest absolute Gasteiger partial charge is 0.345 e. The molecule has 1 unspecified atom stereocenters. The summed E-state index contributed by atoms with van der Waals surface area (Å²) < 4.78 is 6.19. The molecule has 1 aliphatic heterocycles.